The summed E-state index contributed by atoms with van der Waals surface area (Å²) in [5.74, 6) is 0.167. The van der Waals surface area contributed by atoms with Gasteiger partial charge < -0.3 is 5.32 Å². The number of nitrogens with zero attached hydrogens (tertiary/aromatic N) is 8. The summed E-state index contributed by atoms with van der Waals surface area (Å²) in [4.78, 5) is 21.2. The van der Waals surface area contributed by atoms with E-state index in [1.807, 2.05) is 20.8 Å². The summed E-state index contributed by atoms with van der Waals surface area (Å²) in [6, 6.07) is 6.97. The highest BCUT2D eigenvalue weighted by Crippen LogP contribution is 2.16. The number of rotatable bonds is 4. The molecular formula is C18H17N9O. The van der Waals surface area contributed by atoms with Gasteiger partial charge in [0.1, 0.15) is 6.33 Å². The topological polar surface area (TPSA) is 116 Å². The zero-order valence-corrected chi connectivity index (χ0v) is 15.5. The Balaban J connectivity index is 1.52. The van der Waals surface area contributed by atoms with Crippen molar-refractivity contribution in [2.24, 2.45) is 0 Å². The zero-order chi connectivity index (χ0) is 19.7. The van der Waals surface area contributed by atoms with Crippen molar-refractivity contribution in [2.45, 2.75) is 20.8 Å². The molecule has 10 nitrogen and oxygen atoms in total. The Hall–Kier alpha value is -3.95. The van der Waals surface area contributed by atoms with Crippen LogP contribution in [0, 0.1) is 20.8 Å². The molecule has 0 fully saturated rings. The van der Waals surface area contributed by atoms with Gasteiger partial charge in [0.05, 0.1) is 29.5 Å². The molecule has 140 valence electrons. The molecule has 0 radical (unpaired) electrons. The van der Waals surface area contributed by atoms with Crippen LogP contribution in [-0.4, -0.2) is 45.9 Å². The number of carbonyl (C=O) groups excluding carboxylic acids is 1. The molecule has 1 N–H and O–H groups in total. The highest BCUT2D eigenvalue weighted by atomic mass is 16.1. The van der Waals surface area contributed by atoms with Gasteiger partial charge in [0.2, 0.25) is 0 Å². The molecule has 28 heavy (non-hydrogen) atoms. The lowest BCUT2D eigenvalue weighted by atomic mass is 10.2. The first-order valence-corrected chi connectivity index (χ1v) is 8.53. The van der Waals surface area contributed by atoms with Crippen LogP contribution in [0.3, 0.4) is 0 Å². The second-order valence-electron chi connectivity index (χ2n) is 6.24. The number of hydrogen-bond acceptors (Lipinski definition) is 7. The predicted octanol–water partition coefficient (Wildman–Crippen LogP) is 1.82. The fourth-order valence-corrected chi connectivity index (χ4v) is 2.68. The van der Waals surface area contributed by atoms with E-state index >= 15 is 0 Å². The van der Waals surface area contributed by atoms with Crippen LogP contribution >= 0.6 is 0 Å². The molecule has 3 heterocycles. The lowest BCUT2D eigenvalue weighted by Gasteiger charge is -2.07. The quantitative estimate of drug-likeness (QED) is 0.578. The summed E-state index contributed by atoms with van der Waals surface area (Å²) in [5, 5.41) is 18.2. The van der Waals surface area contributed by atoms with E-state index in [2.05, 4.69) is 35.9 Å². The number of carbonyl (C=O) groups is 1. The predicted molar refractivity (Wildman–Crippen MR) is 100 cm³/mol. The third-order valence-corrected chi connectivity index (χ3v) is 4.46. The number of tetrazole rings is 1. The van der Waals surface area contributed by atoms with E-state index in [1.165, 1.54) is 11.0 Å². The van der Waals surface area contributed by atoms with Crippen molar-refractivity contribution in [2.75, 3.05) is 5.32 Å². The van der Waals surface area contributed by atoms with Crippen molar-refractivity contribution in [1.82, 2.24) is 40.0 Å². The van der Waals surface area contributed by atoms with Gasteiger partial charge in [-0.05, 0) is 55.0 Å². The minimum Gasteiger partial charge on any atom is -0.319 e. The Bertz CT molecular complexity index is 1130. The lowest BCUT2D eigenvalue weighted by Crippen LogP contribution is -2.13. The standard InChI is InChI=1S/C18H17N9O/c1-11-12(2)23-27(13(11)3)18-19-8-15(9-20-18)22-17(28)14-5-4-6-16(7-14)26-10-21-24-25-26/h4-10H,1-3H3,(H,22,28). The van der Waals surface area contributed by atoms with Crippen LogP contribution < -0.4 is 5.32 Å². The van der Waals surface area contributed by atoms with Gasteiger partial charge >= 0.3 is 0 Å². The van der Waals surface area contributed by atoms with Crippen molar-refractivity contribution in [3.63, 3.8) is 0 Å². The van der Waals surface area contributed by atoms with E-state index in [1.54, 1.807) is 41.3 Å². The van der Waals surface area contributed by atoms with Gasteiger partial charge in [-0.3, -0.25) is 4.79 Å². The van der Waals surface area contributed by atoms with Crippen LogP contribution in [0.25, 0.3) is 11.6 Å². The Morgan fingerprint density at radius 2 is 1.89 bits per heavy atom. The first-order chi connectivity index (χ1) is 13.5. The molecule has 1 amide bonds. The van der Waals surface area contributed by atoms with Gasteiger partial charge in [-0.15, -0.1) is 5.10 Å². The molecule has 0 aliphatic rings. The minimum atomic E-state index is -0.284. The molecular weight excluding hydrogens is 358 g/mol. The smallest absolute Gasteiger partial charge is 0.255 e. The number of aromatic nitrogens is 8. The minimum absolute atomic E-state index is 0.284. The molecule has 4 aromatic rings. The second-order valence-corrected chi connectivity index (χ2v) is 6.24. The van der Waals surface area contributed by atoms with E-state index in [9.17, 15) is 4.79 Å². The van der Waals surface area contributed by atoms with Gasteiger partial charge in [-0.1, -0.05) is 6.07 Å². The van der Waals surface area contributed by atoms with Crippen LogP contribution in [0.2, 0.25) is 0 Å². The molecule has 0 bridgehead atoms. The van der Waals surface area contributed by atoms with E-state index < -0.39 is 0 Å². The number of hydrogen-bond donors (Lipinski definition) is 1. The summed E-state index contributed by atoms with van der Waals surface area (Å²) < 4.78 is 3.16. The van der Waals surface area contributed by atoms with E-state index in [-0.39, 0.29) is 5.91 Å². The van der Waals surface area contributed by atoms with E-state index in [0.717, 1.165) is 17.0 Å². The number of aryl methyl sites for hydroxylation is 1. The molecule has 0 aliphatic carbocycles. The highest BCUT2D eigenvalue weighted by molar-refractivity contribution is 6.04. The zero-order valence-electron chi connectivity index (χ0n) is 15.5. The molecule has 4 rings (SSSR count). The van der Waals surface area contributed by atoms with E-state index in [4.69, 9.17) is 0 Å². The van der Waals surface area contributed by atoms with Gasteiger partial charge in [0.25, 0.3) is 11.9 Å². The second kappa shape index (κ2) is 6.99. The van der Waals surface area contributed by atoms with Crippen LogP contribution in [-0.2, 0) is 0 Å². The summed E-state index contributed by atoms with van der Waals surface area (Å²) in [6.45, 7) is 5.91. The lowest BCUT2D eigenvalue weighted by molar-refractivity contribution is 0.102. The third-order valence-electron chi connectivity index (χ3n) is 4.46. The first kappa shape index (κ1) is 17.5. The summed E-state index contributed by atoms with van der Waals surface area (Å²) >= 11 is 0. The van der Waals surface area contributed by atoms with Gasteiger partial charge in [-0.2, -0.15) is 5.10 Å². The summed E-state index contributed by atoms with van der Waals surface area (Å²) in [7, 11) is 0. The molecule has 3 aromatic heterocycles. The fraction of sp³-hybridized carbons (Fsp3) is 0.167. The summed E-state index contributed by atoms with van der Waals surface area (Å²) in [5.41, 5.74) is 4.65. The average molecular weight is 375 g/mol. The molecule has 0 spiro atoms. The first-order valence-electron chi connectivity index (χ1n) is 8.53. The summed E-state index contributed by atoms with van der Waals surface area (Å²) in [6.07, 6.45) is 4.57. The van der Waals surface area contributed by atoms with Crippen LogP contribution in [0.4, 0.5) is 5.69 Å². The molecule has 0 saturated heterocycles. The van der Waals surface area contributed by atoms with Gasteiger partial charge in [0, 0.05) is 11.3 Å². The highest BCUT2D eigenvalue weighted by Gasteiger charge is 2.12. The Morgan fingerprint density at radius 3 is 2.54 bits per heavy atom. The SMILES string of the molecule is Cc1nn(-c2ncc(NC(=O)c3cccc(-n4cnnn4)c3)cn2)c(C)c1C. The van der Waals surface area contributed by atoms with Crippen molar-refractivity contribution in [3.05, 3.63) is 65.5 Å². The number of benzene rings is 1. The Kier molecular flexibility index (Phi) is 4.36. The van der Waals surface area contributed by atoms with Crippen molar-refractivity contribution in [3.8, 4) is 11.6 Å². The van der Waals surface area contributed by atoms with Crippen molar-refractivity contribution < 1.29 is 4.79 Å². The Morgan fingerprint density at radius 1 is 1.11 bits per heavy atom. The number of anilines is 1. The third kappa shape index (κ3) is 3.22. The van der Waals surface area contributed by atoms with Crippen LogP contribution in [0.15, 0.2) is 43.0 Å². The maximum atomic E-state index is 12.5. The average Bonchev–Trinajstić information content (AvgIpc) is 3.34. The van der Waals surface area contributed by atoms with Crippen molar-refractivity contribution in [1.29, 1.82) is 0 Å². The maximum Gasteiger partial charge on any atom is 0.255 e. The van der Waals surface area contributed by atoms with Gasteiger partial charge in [-0.25, -0.2) is 19.3 Å². The monoisotopic (exact) mass is 375 g/mol. The molecule has 0 aliphatic heterocycles. The molecule has 0 atom stereocenters. The molecule has 1 aromatic carbocycles. The number of nitrogens with one attached hydrogen (secondary N) is 1. The van der Waals surface area contributed by atoms with Gasteiger partial charge in [0.15, 0.2) is 0 Å². The van der Waals surface area contributed by atoms with Crippen molar-refractivity contribution >= 4 is 11.6 Å². The Labute approximate surface area is 160 Å². The van der Waals surface area contributed by atoms with E-state index in [0.29, 0.717) is 22.9 Å². The maximum absolute atomic E-state index is 12.5. The molecule has 10 heteroatoms. The largest absolute Gasteiger partial charge is 0.319 e. The number of amides is 1. The fourth-order valence-electron chi connectivity index (χ4n) is 2.68. The van der Waals surface area contributed by atoms with Crippen LogP contribution in [0.1, 0.15) is 27.3 Å². The normalized spacial score (nSPS) is 10.8. The molecule has 0 saturated carbocycles. The molecule has 0 unspecified atom stereocenters. The van der Waals surface area contributed by atoms with Crippen LogP contribution in [0.5, 0.6) is 0 Å².